The molecule has 8 nitrogen and oxygen atoms in total. The number of nitrogens with one attached hydrogen (secondary N) is 2. The summed E-state index contributed by atoms with van der Waals surface area (Å²) in [5.41, 5.74) is 2.16. The second kappa shape index (κ2) is 7.79. The first-order valence-corrected chi connectivity index (χ1v) is 8.99. The van der Waals surface area contributed by atoms with Crippen LogP contribution in [0.3, 0.4) is 0 Å². The van der Waals surface area contributed by atoms with E-state index in [1.54, 1.807) is 11.7 Å². The van der Waals surface area contributed by atoms with Crippen molar-refractivity contribution in [2.45, 2.75) is 25.9 Å². The molecule has 144 valence electrons. The number of benzene rings is 1. The first-order valence-electron chi connectivity index (χ1n) is 8.99. The van der Waals surface area contributed by atoms with E-state index in [0.717, 1.165) is 11.4 Å². The lowest BCUT2D eigenvalue weighted by Crippen LogP contribution is -2.56. The molecule has 2 amide bonds. The van der Waals surface area contributed by atoms with Gasteiger partial charge < -0.3 is 10.6 Å². The molecule has 8 heteroatoms. The molecule has 2 aromatic rings. The van der Waals surface area contributed by atoms with Crippen molar-refractivity contribution in [3.63, 3.8) is 0 Å². The van der Waals surface area contributed by atoms with Crippen molar-refractivity contribution in [1.82, 2.24) is 24.9 Å². The Labute approximate surface area is 157 Å². The predicted molar refractivity (Wildman–Crippen MR) is 102 cm³/mol. The Hall–Kier alpha value is -2.87. The Morgan fingerprint density at radius 3 is 2.63 bits per heavy atom. The van der Waals surface area contributed by atoms with Crippen molar-refractivity contribution < 1.29 is 9.59 Å². The molecule has 0 radical (unpaired) electrons. The summed E-state index contributed by atoms with van der Waals surface area (Å²) in [5.74, 6) is -0.379. The number of carbonyl (C=O) groups is 2. The Morgan fingerprint density at radius 1 is 1.26 bits per heavy atom. The van der Waals surface area contributed by atoms with Crippen molar-refractivity contribution in [3.05, 3.63) is 51.9 Å². The zero-order chi connectivity index (χ0) is 19.6. The minimum atomic E-state index is -0.581. The molecular weight excluding hydrogens is 346 g/mol. The zero-order valence-corrected chi connectivity index (χ0v) is 15.9. The average molecular weight is 371 g/mol. The third kappa shape index (κ3) is 3.66. The van der Waals surface area contributed by atoms with E-state index in [1.165, 1.54) is 0 Å². The largest absolute Gasteiger partial charge is 0.359 e. The quantitative estimate of drug-likeness (QED) is 0.770. The zero-order valence-electron chi connectivity index (χ0n) is 15.9. The fourth-order valence-corrected chi connectivity index (χ4v) is 3.46. The Kier molecular flexibility index (Phi) is 5.46. The average Bonchev–Trinajstić information content (AvgIpc) is 2.88. The molecule has 1 saturated heterocycles. The topological polar surface area (TPSA) is 88.4 Å². The van der Waals surface area contributed by atoms with Crippen LogP contribution in [-0.4, -0.2) is 52.3 Å². The highest BCUT2D eigenvalue weighted by atomic mass is 16.2. The van der Waals surface area contributed by atoms with Crippen molar-refractivity contribution in [3.8, 4) is 5.69 Å². The SMILES string of the molecule is CNC(=O)C[C@H]1C(=O)NCCN1Cc1c(C)n(C)n(-c2ccccc2)c1=O. The van der Waals surface area contributed by atoms with Gasteiger partial charge in [-0.25, -0.2) is 4.68 Å². The van der Waals surface area contributed by atoms with Gasteiger partial charge in [0, 0.05) is 39.4 Å². The third-order valence-corrected chi connectivity index (χ3v) is 5.13. The van der Waals surface area contributed by atoms with Crippen LogP contribution in [0.1, 0.15) is 17.7 Å². The molecule has 1 aliphatic rings. The van der Waals surface area contributed by atoms with E-state index in [0.29, 0.717) is 25.2 Å². The fourth-order valence-electron chi connectivity index (χ4n) is 3.46. The van der Waals surface area contributed by atoms with Gasteiger partial charge in [-0.05, 0) is 19.1 Å². The van der Waals surface area contributed by atoms with E-state index in [2.05, 4.69) is 10.6 Å². The van der Waals surface area contributed by atoms with Crippen molar-refractivity contribution in [1.29, 1.82) is 0 Å². The third-order valence-electron chi connectivity index (χ3n) is 5.13. The number of piperazine rings is 1. The first kappa shape index (κ1) is 18.9. The monoisotopic (exact) mass is 371 g/mol. The highest BCUT2D eigenvalue weighted by Gasteiger charge is 2.32. The number of aromatic nitrogens is 2. The van der Waals surface area contributed by atoms with Crippen LogP contribution in [0.15, 0.2) is 35.1 Å². The van der Waals surface area contributed by atoms with Gasteiger partial charge in [-0.2, -0.15) is 0 Å². The number of rotatable bonds is 5. The van der Waals surface area contributed by atoms with E-state index in [1.807, 2.05) is 53.9 Å². The van der Waals surface area contributed by atoms with E-state index in [9.17, 15) is 14.4 Å². The standard InChI is InChI=1S/C19H25N5O3/c1-13-15(19(27)24(22(13)3)14-7-5-4-6-8-14)12-23-10-9-21-18(26)16(23)11-17(25)20-2/h4-8,16H,9-12H2,1-3H3,(H,20,25)(H,21,26)/t16-/m0/s1. The number of hydrogen-bond donors (Lipinski definition) is 2. The molecule has 1 aromatic heterocycles. The maximum atomic E-state index is 13.1. The Balaban J connectivity index is 1.94. The lowest BCUT2D eigenvalue weighted by atomic mass is 10.1. The molecule has 0 aliphatic carbocycles. The highest BCUT2D eigenvalue weighted by molar-refractivity contribution is 5.88. The normalized spacial score (nSPS) is 17.6. The van der Waals surface area contributed by atoms with Gasteiger partial charge in [0.1, 0.15) is 0 Å². The maximum Gasteiger partial charge on any atom is 0.276 e. The van der Waals surface area contributed by atoms with E-state index < -0.39 is 6.04 Å². The van der Waals surface area contributed by atoms with Gasteiger partial charge >= 0.3 is 0 Å². The van der Waals surface area contributed by atoms with Crippen LogP contribution in [0, 0.1) is 6.92 Å². The number of nitrogens with zero attached hydrogens (tertiary/aromatic N) is 3. The summed E-state index contributed by atoms with van der Waals surface area (Å²) >= 11 is 0. The molecule has 0 saturated carbocycles. The lowest BCUT2D eigenvalue weighted by Gasteiger charge is -2.34. The molecule has 0 spiro atoms. The molecular formula is C19H25N5O3. The van der Waals surface area contributed by atoms with Gasteiger partial charge in [0.15, 0.2) is 0 Å². The smallest absolute Gasteiger partial charge is 0.276 e. The molecule has 27 heavy (non-hydrogen) atoms. The maximum absolute atomic E-state index is 13.1. The van der Waals surface area contributed by atoms with Crippen LogP contribution < -0.4 is 16.2 Å². The fraction of sp³-hybridized carbons (Fsp3) is 0.421. The molecule has 1 atom stereocenters. The Bertz CT molecular complexity index is 900. The minimum Gasteiger partial charge on any atom is -0.359 e. The Morgan fingerprint density at radius 2 is 1.96 bits per heavy atom. The molecule has 2 heterocycles. The lowest BCUT2D eigenvalue weighted by molar-refractivity contribution is -0.134. The van der Waals surface area contributed by atoms with Crippen LogP contribution in [0.25, 0.3) is 5.69 Å². The van der Waals surface area contributed by atoms with E-state index in [4.69, 9.17) is 0 Å². The molecule has 0 unspecified atom stereocenters. The molecule has 1 aromatic carbocycles. The summed E-state index contributed by atoms with van der Waals surface area (Å²) in [6.45, 7) is 3.32. The number of hydrogen-bond acceptors (Lipinski definition) is 4. The van der Waals surface area contributed by atoms with Gasteiger partial charge in [-0.1, -0.05) is 18.2 Å². The van der Waals surface area contributed by atoms with Crippen LogP contribution in [0.5, 0.6) is 0 Å². The van der Waals surface area contributed by atoms with Gasteiger partial charge in [0.2, 0.25) is 11.8 Å². The molecule has 2 N–H and O–H groups in total. The molecule has 1 aliphatic heterocycles. The summed E-state index contributed by atoms with van der Waals surface area (Å²) in [6, 6.07) is 8.86. The van der Waals surface area contributed by atoms with Crippen LogP contribution in [0.4, 0.5) is 0 Å². The van der Waals surface area contributed by atoms with Gasteiger partial charge in [-0.15, -0.1) is 0 Å². The second-order valence-electron chi connectivity index (χ2n) is 6.69. The van der Waals surface area contributed by atoms with Crippen molar-refractivity contribution in [2.24, 2.45) is 7.05 Å². The van der Waals surface area contributed by atoms with E-state index >= 15 is 0 Å². The predicted octanol–water partition coefficient (Wildman–Crippen LogP) is -0.0791. The first-order chi connectivity index (χ1) is 12.9. The van der Waals surface area contributed by atoms with Crippen LogP contribution in [0.2, 0.25) is 0 Å². The van der Waals surface area contributed by atoms with Crippen LogP contribution in [-0.2, 0) is 23.2 Å². The molecule has 1 fully saturated rings. The summed E-state index contributed by atoms with van der Waals surface area (Å²) in [5, 5.41) is 5.36. The summed E-state index contributed by atoms with van der Waals surface area (Å²) < 4.78 is 3.45. The summed E-state index contributed by atoms with van der Waals surface area (Å²) in [4.78, 5) is 39.1. The van der Waals surface area contributed by atoms with Gasteiger partial charge in [0.05, 0.1) is 23.7 Å². The summed E-state index contributed by atoms with van der Waals surface area (Å²) in [6.07, 6.45) is 0.0705. The molecule has 3 rings (SSSR count). The number of amides is 2. The number of carbonyl (C=O) groups excluding carboxylic acids is 2. The molecule has 0 bridgehead atoms. The van der Waals surface area contributed by atoms with Crippen LogP contribution >= 0.6 is 0 Å². The van der Waals surface area contributed by atoms with Crippen molar-refractivity contribution in [2.75, 3.05) is 20.1 Å². The highest BCUT2D eigenvalue weighted by Crippen LogP contribution is 2.16. The van der Waals surface area contributed by atoms with E-state index in [-0.39, 0.29) is 23.8 Å². The van der Waals surface area contributed by atoms with Gasteiger partial charge in [0.25, 0.3) is 5.56 Å². The van der Waals surface area contributed by atoms with Gasteiger partial charge in [-0.3, -0.25) is 24.0 Å². The second-order valence-corrected chi connectivity index (χ2v) is 6.69. The minimum absolute atomic E-state index is 0.0705. The summed E-state index contributed by atoms with van der Waals surface area (Å²) in [7, 11) is 3.39. The van der Waals surface area contributed by atoms with Crippen molar-refractivity contribution >= 4 is 11.8 Å². The number of para-hydroxylation sites is 1.